The molecule has 0 unspecified atom stereocenters. The third kappa shape index (κ3) is 4.59. The predicted molar refractivity (Wildman–Crippen MR) is 89.5 cm³/mol. The molecule has 0 amide bonds. The van der Waals surface area contributed by atoms with Crippen molar-refractivity contribution in [3.63, 3.8) is 0 Å². The first kappa shape index (κ1) is 16.1. The maximum atomic E-state index is 12.4. The maximum Gasteiger partial charge on any atom is 0.167 e. The van der Waals surface area contributed by atoms with Crippen LogP contribution in [-0.2, 0) is 12.8 Å². The summed E-state index contributed by atoms with van der Waals surface area (Å²) in [5, 5.41) is 0.988. The summed E-state index contributed by atoms with van der Waals surface area (Å²) >= 11 is 11.9. The van der Waals surface area contributed by atoms with E-state index in [1.165, 1.54) is 5.56 Å². The molecule has 0 heterocycles. The van der Waals surface area contributed by atoms with E-state index in [0.717, 1.165) is 17.5 Å². The van der Waals surface area contributed by atoms with Crippen LogP contribution in [0.15, 0.2) is 42.5 Å². The van der Waals surface area contributed by atoms with Gasteiger partial charge in [0.05, 0.1) is 10.0 Å². The van der Waals surface area contributed by atoms with E-state index in [2.05, 4.69) is 19.9 Å². The Labute approximate surface area is 135 Å². The standard InChI is InChI=1S/C18H18Cl2O/c1-12(2)8-13-4-3-5-15(9-13)18(21)11-14-6-7-16(19)17(20)10-14/h3-7,9-10,12H,8,11H2,1-2H3. The fourth-order valence-corrected chi connectivity index (χ4v) is 2.60. The Morgan fingerprint density at radius 2 is 1.76 bits per heavy atom. The highest BCUT2D eigenvalue weighted by Crippen LogP contribution is 2.23. The molecule has 2 aromatic carbocycles. The first-order valence-corrected chi connectivity index (χ1v) is 7.77. The van der Waals surface area contributed by atoms with Crippen LogP contribution < -0.4 is 0 Å². The lowest BCUT2D eigenvalue weighted by atomic mass is 9.97. The summed E-state index contributed by atoms with van der Waals surface area (Å²) in [6, 6.07) is 13.2. The fourth-order valence-electron chi connectivity index (χ4n) is 2.28. The molecule has 0 bridgehead atoms. The molecule has 0 aliphatic heterocycles. The van der Waals surface area contributed by atoms with Crippen molar-refractivity contribution in [1.29, 1.82) is 0 Å². The molecule has 0 aromatic heterocycles. The van der Waals surface area contributed by atoms with E-state index in [4.69, 9.17) is 23.2 Å². The van der Waals surface area contributed by atoms with Gasteiger partial charge in [-0.3, -0.25) is 4.79 Å². The van der Waals surface area contributed by atoms with Crippen molar-refractivity contribution in [3.05, 3.63) is 69.2 Å². The number of hydrogen-bond donors (Lipinski definition) is 0. The highest BCUT2D eigenvalue weighted by Gasteiger charge is 2.09. The van der Waals surface area contributed by atoms with Gasteiger partial charge < -0.3 is 0 Å². The number of Topliss-reactive ketones (excluding diaryl/α,β-unsaturated/α-hetero) is 1. The van der Waals surface area contributed by atoms with Crippen molar-refractivity contribution in [2.24, 2.45) is 5.92 Å². The van der Waals surface area contributed by atoms with E-state index in [-0.39, 0.29) is 5.78 Å². The molecule has 3 heteroatoms. The van der Waals surface area contributed by atoms with E-state index in [0.29, 0.717) is 22.4 Å². The molecule has 0 aliphatic rings. The van der Waals surface area contributed by atoms with Gasteiger partial charge in [-0.25, -0.2) is 0 Å². The molecular formula is C18H18Cl2O. The SMILES string of the molecule is CC(C)Cc1cccc(C(=O)Cc2ccc(Cl)c(Cl)c2)c1. The molecule has 0 saturated carbocycles. The van der Waals surface area contributed by atoms with E-state index in [1.807, 2.05) is 24.3 Å². The van der Waals surface area contributed by atoms with Crippen LogP contribution in [0.2, 0.25) is 10.0 Å². The van der Waals surface area contributed by atoms with E-state index < -0.39 is 0 Å². The van der Waals surface area contributed by atoms with Crippen molar-refractivity contribution in [2.75, 3.05) is 0 Å². The molecule has 2 aromatic rings. The third-order valence-electron chi connectivity index (χ3n) is 3.24. The molecule has 0 radical (unpaired) electrons. The molecule has 0 N–H and O–H groups in total. The predicted octanol–water partition coefficient (Wildman–Crippen LogP) is 5.62. The van der Waals surface area contributed by atoms with Crippen LogP contribution in [0, 0.1) is 5.92 Å². The number of benzene rings is 2. The summed E-state index contributed by atoms with van der Waals surface area (Å²) in [7, 11) is 0. The topological polar surface area (TPSA) is 17.1 Å². The van der Waals surface area contributed by atoms with Crippen molar-refractivity contribution in [1.82, 2.24) is 0 Å². The van der Waals surface area contributed by atoms with Crippen LogP contribution in [0.5, 0.6) is 0 Å². The maximum absolute atomic E-state index is 12.4. The molecule has 0 atom stereocenters. The smallest absolute Gasteiger partial charge is 0.167 e. The van der Waals surface area contributed by atoms with Gasteiger partial charge in [-0.15, -0.1) is 0 Å². The third-order valence-corrected chi connectivity index (χ3v) is 3.98. The van der Waals surface area contributed by atoms with E-state index in [1.54, 1.807) is 12.1 Å². The Morgan fingerprint density at radius 3 is 2.43 bits per heavy atom. The van der Waals surface area contributed by atoms with Gasteiger partial charge in [0, 0.05) is 12.0 Å². The summed E-state index contributed by atoms with van der Waals surface area (Å²) in [5.41, 5.74) is 2.83. The van der Waals surface area contributed by atoms with Gasteiger partial charge in [0.15, 0.2) is 5.78 Å². The molecule has 0 saturated heterocycles. The molecule has 110 valence electrons. The van der Waals surface area contributed by atoms with Crippen LogP contribution in [0.4, 0.5) is 0 Å². The number of hydrogen-bond acceptors (Lipinski definition) is 1. The molecule has 1 nitrogen and oxygen atoms in total. The van der Waals surface area contributed by atoms with Crippen molar-refractivity contribution in [3.8, 4) is 0 Å². The van der Waals surface area contributed by atoms with Gasteiger partial charge in [0.2, 0.25) is 0 Å². The molecule has 2 rings (SSSR count). The first-order valence-electron chi connectivity index (χ1n) is 7.02. The van der Waals surface area contributed by atoms with Crippen molar-refractivity contribution in [2.45, 2.75) is 26.7 Å². The zero-order chi connectivity index (χ0) is 15.4. The van der Waals surface area contributed by atoms with Gasteiger partial charge in [0.25, 0.3) is 0 Å². The number of halogens is 2. The molecule has 0 fully saturated rings. The number of ketones is 1. The zero-order valence-corrected chi connectivity index (χ0v) is 13.7. The number of rotatable bonds is 5. The quantitative estimate of drug-likeness (QED) is 0.653. The normalized spacial score (nSPS) is 10.9. The van der Waals surface area contributed by atoms with E-state index in [9.17, 15) is 4.79 Å². The fraction of sp³-hybridized carbons (Fsp3) is 0.278. The summed E-state index contributed by atoms with van der Waals surface area (Å²) < 4.78 is 0. The van der Waals surface area contributed by atoms with E-state index >= 15 is 0 Å². The average Bonchev–Trinajstić information content (AvgIpc) is 2.42. The van der Waals surface area contributed by atoms with Crippen molar-refractivity contribution < 1.29 is 4.79 Å². The summed E-state index contributed by atoms with van der Waals surface area (Å²) in [4.78, 5) is 12.4. The minimum Gasteiger partial charge on any atom is -0.294 e. The second kappa shape index (κ2) is 7.11. The zero-order valence-electron chi connectivity index (χ0n) is 12.2. The monoisotopic (exact) mass is 320 g/mol. The molecule has 0 spiro atoms. The second-order valence-corrected chi connectivity index (χ2v) is 6.46. The van der Waals surface area contributed by atoms with Crippen molar-refractivity contribution >= 4 is 29.0 Å². The molecule has 0 aliphatic carbocycles. The lowest BCUT2D eigenvalue weighted by Crippen LogP contribution is -2.05. The van der Waals surface area contributed by atoms with Gasteiger partial charge in [-0.05, 0) is 41.7 Å². The highest BCUT2D eigenvalue weighted by atomic mass is 35.5. The van der Waals surface area contributed by atoms with Gasteiger partial charge in [0.1, 0.15) is 0 Å². The molecular weight excluding hydrogens is 303 g/mol. The summed E-state index contributed by atoms with van der Waals surface area (Å²) in [5.74, 6) is 0.671. The van der Waals surface area contributed by atoms with Gasteiger partial charge in [-0.2, -0.15) is 0 Å². The summed E-state index contributed by atoms with van der Waals surface area (Å²) in [6.45, 7) is 4.34. The molecule has 21 heavy (non-hydrogen) atoms. The summed E-state index contributed by atoms with van der Waals surface area (Å²) in [6.07, 6.45) is 1.32. The average molecular weight is 321 g/mol. The lowest BCUT2D eigenvalue weighted by Gasteiger charge is -2.07. The van der Waals surface area contributed by atoms with Crippen LogP contribution in [0.1, 0.15) is 35.3 Å². The van der Waals surface area contributed by atoms with Crippen LogP contribution in [0.3, 0.4) is 0 Å². The van der Waals surface area contributed by atoms with Crippen LogP contribution >= 0.6 is 23.2 Å². The Kier molecular flexibility index (Phi) is 5.44. The minimum absolute atomic E-state index is 0.0963. The van der Waals surface area contributed by atoms with Gasteiger partial charge >= 0.3 is 0 Å². The van der Waals surface area contributed by atoms with Crippen LogP contribution in [-0.4, -0.2) is 5.78 Å². The van der Waals surface area contributed by atoms with Crippen LogP contribution in [0.25, 0.3) is 0 Å². The largest absolute Gasteiger partial charge is 0.294 e. The highest BCUT2D eigenvalue weighted by molar-refractivity contribution is 6.42. The second-order valence-electron chi connectivity index (χ2n) is 5.65. The minimum atomic E-state index is 0.0963. The Balaban J connectivity index is 2.14. The number of carbonyl (C=O) groups is 1. The number of carbonyl (C=O) groups excluding carboxylic acids is 1. The first-order chi connectivity index (χ1) is 9.95. The van der Waals surface area contributed by atoms with Gasteiger partial charge in [-0.1, -0.05) is 61.3 Å². The Bertz CT molecular complexity index is 647. The lowest BCUT2D eigenvalue weighted by molar-refractivity contribution is 0.0993. The Morgan fingerprint density at radius 1 is 1.00 bits per heavy atom. The Hall–Kier alpha value is -1.31.